The minimum atomic E-state index is -0.862. The van der Waals surface area contributed by atoms with Crippen LogP contribution in [-0.2, 0) is 4.79 Å². The Kier molecular flexibility index (Phi) is 4.89. The highest BCUT2D eigenvalue weighted by atomic mass is 16.4. The Labute approximate surface area is 120 Å². The highest BCUT2D eigenvalue weighted by molar-refractivity contribution is 5.76. The van der Waals surface area contributed by atoms with Crippen molar-refractivity contribution in [2.45, 2.75) is 51.5 Å². The van der Waals surface area contributed by atoms with Gasteiger partial charge in [0.1, 0.15) is 0 Å². The molecule has 0 spiro atoms. The van der Waals surface area contributed by atoms with Crippen molar-refractivity contribution < 1.29 is 14.7 Å². The molecule has 5 heteroatoms. The minimum Gasteiger partial charge on any atom is -0.481 e. The highest BCUT2D eigenvalue weighted by Crippen LogP contribution is 2.40. The first-order chi connectivity index (χ1) is 9.49. The molecule has 2 fully saturated rings. The van der Waals surface area contributed by atoms with Gasteiger partial charge >= 0.3 is 12.0 Å². The van der Waals surface area contributed by atoms with Crippen LogP contribution in [-0.4, -0.2) is 41.6 Å². The summed E-state index contributed by atoms with van der Waals surface area (Å²) < 4.78 is 0. The SMILES string of the molecule is CC(CN(C)C(=O)NC(C1CCC1)C1CCC1)C(=O)O. The zero-order valence-electron chi connectivity index (χ0n) is 12.5. The maximum Gasteiger partial charge on any atom is 0.317 e. The van der Waals surface area contributed by atoms with Crippen molar-refractivity contribution in [3.8, 4) is 0 Å². The molecule has 1 atom stereocenters. The van der Waals surface area contributed by atoms with E-state index >= 15 is 0 Å². The van der Waals surface area contributed by atoms with Crippen molar-refractivity contribution in [2.24, 2.45) is 17.8 Å². The Morgan fingerprint density at radius 2 is 1.70 bits per heavy atom. The number of aliphatic carboxylic acids is 1. The topological polar surface area (TPSA) is 69.6 Å². The van der Waals surface area contributed by atoms with Gasteiger partial charge in [0.25, 0.3) is 0 Å². The van der Waals surface area contributed by atoms with Gasteiger partial charge in [-0.2, -0.15) is 0 Å². The molecule has 0 saturated heterocycles. The third-order valence-corrected chi connectivity index (χ3v) is 4.92. The maximum absolute atomic E-state index is 12.2. The minimum absolute atomic E-state index is 0.123. The predicted molar refractivity (Wildman–Crippen MR) is 76.4 cm³/mol. The Hall–Kier alpha value is -1.26. The highest BCUT2D eigenvalue weighted by Gasteiger charge is 2.37. The van der Waals surface area contributed by atoms with E-state index in [9.17, 15) is 9.59 Å². The second-order valence-corrected chi connectivity index (χ2v) is 6.48. The normalized spacial score (nSPS) is 20.9. The summed E-state index contributed by atoms with van der Waals surface area (Å²) in [5, 5.41) is 12.1. The third kappa shape index (κ3) is 3.44. The number of urea groups is 1. The number of carbonyl (C=O) groups excluding carboxylic acids is 1. The van der Waals surface area contributed by atoms with E-state index in [0.29, 0.717) is 17.9 Å². The van der Waals surface area contributed by atoms with Gasteiger partial charge in [-0.3, -0.25) is 4.79 Å². The molecule has 2 amide bonds. The lowest BCUT2D eigenvalue weighted by atomic mass is 9.68. The molecule has 0 aromatic rings. The second kappa shape index (κ2) is 6.46. The molecule has 0 bridgehead atoms. The summed E-state index contributed by atoms with van der Waals surface area (Å²) >= 11 is 0. The van der Waals surface area contributed by atoms with Gasteiger partial charge < -0.3 is 15.3 Å². The predicted octanol–water partition coefficient (Wildman–Crippen LogP) is 2.32. The molecule has 5 nitrogen and oxygen atoms in total. The molecule has 2 N–H and O–H groups in total. The molecule has 0 aromatic heterocycles. The van der Waals surface area contributed by atoms with Crippen LogP contribution in [0.4, 0.5) is 4.79 Å². The standard InChI is InChI=1S/C15H26N2O3/c1-10(14(18)19)9-17(2)15(20)16-13(11-5-3-6-11)12-7-4-8-12/h10-13H,3-9H2,1-2H3,(H,16,20)(H,18,19). The number of carboxylic acids is 1. The van der Waals surface area contributed by atoms with E-state index < -0.39 is 11.9 Å². The lowest BCUT2D eigenvalue weighted by Crippen LogP contribution is -2.53. The average Bonchev–Trinajstić information content (AvgIpc) is 2.23. The summed E-state index contributed by atoms with van der Waals surface area (Å²) in [6.07, 6.45) is 7.42. The molecule has 2 aliphatic rings. The molecule has 2 saturated carbocycles. The van der Waals surface area contributed by atoms with Gasteiger partial charge in [0.15, 0.2) is 0 Å². The zero-order chi connectivity index (χ0) is 14.7. The fourth-order valence-corrected chi connectivity index (χ4v) is 3.04. The number of amides is 2. The Bertz CT molecular complexity index is 350. The number of nitrogens with one attached hydrogen (secondary N) is 1. The van der Waals surface area contributed by atoms with E-state index in [1.807, 2.05) is 0 Å². The largest absolute Gasteiger partial charge is 0.481 e. The number of hydrogen-bond donors (Lipinski definition) is 2. The van der Waals surface area contributed by atoms with Crippen molar-refractivity contribution in [2.75, 3.05) is 13.6 Å². The molecule has 2 rings (SSSR count). The molecule has 0 aromatic carbocycles. The van der Waals surface area contributed by atoms with Crippen LogP contribution in [0.15, 0.2) is 0 Å². The second-order valence-electron chi connectivity index (χ2n) is 6.48. The van der Waals surface area contributed by atoms with Gasteiger partial charge in [0.05, 0.1) is 5.92 Å². The Morgan fingerprint density at radius 1 is 1.20 bits per heavy atom. The van der Waals surface area contributed by atoms with Crippen LogP contribution < -0.4 is 5.32 Å². The summed E-state index contributed by atoms with van der Waals surface area (Å²) in [5.41, 5.74) is 0. The average molecular weight is 282 g/mol. The van der Waals surface area contributed by atoms with Crippen molar-refractivity contribution in [1.29, 1.82) is 0 Å². The lowest BCUT2D eigenvalue weighted by Gasteiger charge is -2.43. The summed E-state index contributed by atoms with van der Waals surface area (Å²) in [6, 6.07) is 0.175. The molecular formula is C15H26N2O3. The van der Waals surface area contributed by atoms with Crippen LogP contribution in [0.25, 0.3) is 0 Å². The summed E-state index contributed by atoms with van der Waals surface area (Å²) in [4.78, 5) is 24.6. The van der Waals surface area contributed by atoms with Crippen molar-refractivity contribution in [3.05, 3.63) is 0 Å². The first-order valence-corrected chi connectivity index (χ1v) is 7.73. The maximum atomic E-state index is 12.2. The third-order valence-electron chi connectivity index (χ3n) is 4.92. The van der Waals surface area contributed by atoms with Gasteiger partial charge in [-0.1, -0.05) is 19.8 Å². The fraction of sp³-hybridized carbons (Fsp3) is 0.867. The van der Waals surface area contributed by atoms with Gasteiger partial charge in [-0.05, 0) is 37.5 Å². The van der Waals surface area contributed by atoms with Crippen LogP contribution in [0.5, 0.6) is 0 Å². The molecule has 0 radical (unpaired) electrons. The summed E-state index contributed by atoms with van der Waals surface area (Å²) in [6.45, 7) is 1.88. The number of nitrogens with zero attached hydrogens (tertiary/aromatic N) is 1. The van der Waals surface area contributed by atoms with Crippen molar-refractivity contribution in [1.82, 2.24) is 10.2 Å². The first-order valence-electron chi connectivity index (χ1n) is 7.73. The van der Waals surface area contributed by atoms with Gasteiger partial charge in [-0.25, -0.2) is 4.79 Å². The van der Waals surface area contributed by atoms with E-state index in [1.165, 1.54) is 43.4 Å². The molecule has 2 aliphatic carbocycles. The molecule has 1 unspecified atom stereocenters. The lowest BCUT2D eigenvalue weighted by molar-refractivity contribution is -0.141. The monoisotopic (exact) mass is 282 g/mol. The summed E-state index contributed by atoms with van der Waals surface area (Å²) in [7, 11) is 1.67. The van der Waals surface area contributed by atoms with Crippen LogP contribution in [0, 0.1) is 17.8 Å². The van der Waals surface area contributed by atoms with E-state index in [-0.39, 0.29) is 12.6 Å². The smallest absolute Gasteiger partial charge is 0.317 e. The molecule has 0 heterocycles. The van der Waals surface area contributed by atoms with Gasteiger partial charge in [-0.15, -0.1) is 0 Å². The number of carbonyl (C=O) groups is 2. The van der Waals surface area contributed by atoms with Crippen LogP contribution in [0.1, 0.15) is 45.4 Å². The fourth-order valence-electron chi connectivity index (χ4n) is 3.04. The quantitative estimate of drug-likeness (QED) is 0.785. The van der Waals surface area contributed by atoms with Crippen LogP contribution in [0.3, 0.4) is 0 Å². The van der Waals surface area contributed by atoms with Crippen molar-refractivity contribution in [3.63, 3.8) is 0 Å². The van der Waals surface area contributed by atoms with E-state index in [0.717, 1.165) is 0 Å². The van der Waals surface area contributed by atoms with E-state index in [1.54, 1.807) is 14.0 Å². The number of hydrogen-bond acceptors (Lipinski definition) is 2. The molecule has 20 heavy (non-hydrogen) atoms. The number of carboxylic acid groups (broad SMARTS) is 1. The molecule has 0 aliphatic heterocycles. The van der Waals surface area contributed by atoms with Crippen LogP contribution in [0.2, 0.25) is 0 Å². The van der Waals surface area contributed by atoms with E-state index in [4.69, 9.17) is 5.11 Å². The molecule has 114 valence electrons. The zero-order valence-corrected chi connectivity index (χ0v) is 12.5. The van der Waals surface area contributed by atoms with Gasteiger partial charge in [0.2, 0.25) is 0 Å². The van der Waals surface area contributed by atoms with Crippen molar-refractivity contribution >= 4 is 12.0 Å². The Balaban J connectivity index is 1.85. The molecular weight excluding hydrogens is 256 g/mol. The van der Waals surface area contributed by atoms with E-state index in [2.05, 4.69) is 5.32 Å². The Morgan fingerprint density at radius 3 is 2.05 bits per heavy atom. The first kappa shape index (κ1) is 15.1. The van der Waals surface area contributed by atoms with Gasteiger partial charge in [0, 0.05) is 19.6 Å². The summed E-state index contributed by atoms with van der Waals surface area (Å²) in [5.74, 6) is -0.125. The number of rotatable bonds is 6. The van der Waals surface area contributed by atoms with Crippen LogP contribution >= 0.6 is 0 Å².